The molecule has 2 aromatic rings. The lowest BCUT2D eigenvalue weighted by Crippen LogP contribution is -2.14. The SMILES string of the molecule is COCc1cccc(CNCc2cc(OC)cc(C)n2)c1. The first-order valence-corrected chi connectivity index (χ1v) is 7.00. The molecule has 0 spiro atoms. The van der Waals surface area contributed by atoms with Gasteiger partial charge in [0.25, 0.3) is 0 Å². The Labute approximate surface area is 126 Å². The maximum absolute atomic E-state index is 5.26. The van der Waals surface area contributed by atoms with Gasteiger partial charge in [0.2, 0.25) is 0 Å². The van der Waals surface area contributed by atoms with Gasteiger partial charge in [0.05, 0.1) is 19.4 Å². The number of pyridine rings is 1. The molecule has 4 heteroatoms. The summed E-state index contributed by atoms with van der Waals surface area (Å²) in [5, 5.41) is 3.41. The van der Waals surface area contributed by atoms with Crippen molar-refractivity contribution in [1.29, 1.82) is 0 Å². The number of hydrogen-bond donors (Lipinski definition) is 1. The van der Waals surface area contributed by atoms with Crippen LogP contribution in [0.1, 0.15) is 22.5 Å². The van der Waals surface area contributed by atoms with Crippen molar-refractivity contribution in [2.45, 2.75) is 26.6 Å². The van der Waals surface area contributed by atoms with Crippen molar-refractivity contribution in [3.05, 3.63) is 58.9 Å². The summed E-state index contributed by atoms with van der Waals surface area (Å²) in [5.74, 6) is 0.849. The molecule has 112 valence electrons. The van der Waals surface area contributed by atoms with Crippen molar-refractivity contribution >= 4 is 0 Å². The van der Waals surface area contributed by atoms with Gasteiger partial charge >= 0.3 is 0 Å². The van der Waals surface area contributed by atoms with Crippen LogP contribution in [0, 0.1) is 6.92 Å². The van der Waals surface area contributed by atoms with E-state index in [9.17, 15) is 0 Å². The van der Waals surface area contributed by atoms with E-state index >= 15 is 0 Å². The highest BCUT2D eigenvalue weighted by Crippen LogP contribution is 2.13. The molecule has 1 heterocycles. The van der Waals surface area contributed by atoms with Crippen molar-refractivity contribution in [2.24, 2.45) is 0 Å². The van der Waals surface area contributed by atoms with Crippen LogP contribution in [0.25, 0.3) is 0 Å². The molecule has 0 bridgehead atoms. The second-order valence-electron chi connectivity index (χ2n) is 5.00. The number of ether oxygens (including phenoxy) is 2. The van der Waals surface area contributed by atoms with E-state index in [1.165, 1.54) is 11.1 Å². The van der Waals surface area contributed by atoms with Gasteiger partial charge in [0, 0.05) is 38.0 Å². The van der Waals surface area contributed by atoms with Crippen LogP contribution in [0.4, 0.5) is 0 Å². The molecule has 1 N–H and O–H groups in total. The topological polar surface area (TPSA) is 43.4 Å². The van der Waals surface area contributed by atoms with E-state index < -0.39 is 0 Å². The van der Waals surface area contributed by atoms with Gasteiger partial charge in [-0.2, -0.15) is 0 Å². The Morgan fingerprint density at radius 1 is 1.05 bits per heavy atom. The number of aromatic nitrogens is 1. The summed E-state index contributed by atoms with van der Waals surface area (Å²) in [4.78, 5) is 4.50. The van der Waals surface area contributed by atoms with Crippen molar-refractivity contribution in [1.82, 2.24) is 10.3 Å². The largest absolute Gasteiger partial charge is 0.497 e. The lowest BCUT2D eigenvalue weighted by Gasteiger charge is -2.08. The number of nitrogens with zero attached hydrogens (tertiary/aromatic N) is 1. The summed E-state index contributed by atoms with van der Waals surface area (Å²) >= 11 is 0. The first-order valence-electron chi connectivity index (χ1n) is 7.00. The zero-order chi connectivity index (χ0) is 15.1. The monoisotopic (exact) mass is 286 g/mol. The molecule has 1 aromatic heterocycles. The summed E-state index contributed by atoms with van der Waals surface area (Å²) < 4.78 is 10.4. The van der Waals surface area contributed by atoms with Gasteiger partial charge in [-0.15, -0.1) is 0 Å². The summed E-state index contributed by atoms with van der Waals surface area (Å²) in [7, 11) is 3.38. The van der Waals surface area contributed by atoms with E-state index in [2.05, 4.69) is 34.6 Å². The van der Waals surface area contributed by atoms with Crippen LogP contribution in [-0.2, 0) is 24.4 Å². The lowest BCUT2D eigenvalue weighted by molar-refractivity contribution is 0.185. The van der Waals surface area contributed by atoms with E-state index in [0.717, 1.165) is 23.7 Å². The van der Waals surface area contributed by atoms with Gasteiger partial charge in [0.1, 0.15) is 5.75 Å². The number of nitrogens with one attached hydrogen (secondary N) is 1. The minimum atomic E-state index is 0.643. The van der Waals surface area contributed by atoms with E-state index in [4.69, 9.17) is 9.47 Å². The third kappa shape index (κ3) is 4.85. The highest BCUT2D eigenvalue weighted by molar-refractivity contribution is 5.27. The van der Waals surface area contributed by atoms with Gasteiger partial charge in [-0.1, -0.05) is 24.3 Å². The highest BCUT2D eigenvalue weighted by Gasteiger charge is 2.01. The Morgan fingerprint density at radius 3 is 2.62 bits per heavy atom. The number of methoxy groups -OCH3 is 2. The smallest absolute Gasteiger partial charge is 0.122 e. The first kappa shape index (κ1) is 15.5. The zero-order valence-corrected chi connectivity index (χ0v) is 12.8. The standard InChI is InChI=1S/C17H22N2O2/c1-13-7-17(21-3)9-16(19-13)11-18-10-14-5-4-6-15(8-14)12-20-2/h4-9,18H,10-12H2,1-3H3. The Bertz CT molecular complexity index is 585. The summed E-state index contributed by atoms with van der Waals surface area (Å²) in [6.45, 7) is 4.13. The van der Waals surface area contributed by atoms with Crippen LogP contribution in [-0.4, -0.2) is 19.2 Å². The fourth-order valence-electron chi connectivity index (χ4n) is 2.24. The molecule has 0 amide bonds. The predicted molar refractivity (Wildman–Crippen MR) is 83.2 cm³/mol. The Morgan fingerprint density at radius 2 is 1.86 bits per heavy atom. The van der Waals surface area contributed by atoms with E-state index in [1.54, 1.807) is 14.2 Å². The van der Waals surface area contributed by atoms with Gasteiger partial charge in [-0.25, -0.2) is 0 Å². The molecule has 0 fully saturated rings. The average Bonchev–Trinajstić information content (AvgIpc) is 2.47. The third-order valence-corrected chi connectivity index (χ3v) is 3.15. The molecule has 0 saturated heterocycles. The number of rotatable bonds is 7. The molecule has 0 aliphatic carbocycles. The highest BCUT2D eigenvalue weighted by atomic mass is 16.5. The minimum Gasteiger partial charge on any atom is -0.497 e. The fraction of sp³-hybridized carbons (Fsp3) is 0.353. The van der Waals surface area contributed by atoms with Crippen molar-refractivity contribution in [3.8, 4) is 5.75 Å². The maximum atomic E-state index is 5.26. The van der Waals surface area contributed by atoms with Crippen LogP contribution in [0.15, 0.2) is 36.4 Å². The van der Waals surface area contributed by atoms with E-state index in [1.807, 2.05) is 19.1 Å². The molecule has 0 aliphatic rings. The van der Waals surface area contributed by atoms with Crippen LogP contribution < -0.4 is 10.1 Å². The number of hydrogen-bond acceptors (Lipinski definition) is 4. The summed E-state index contributed by atoms with van der Waals surface area (Å²) in [6.07, 6.45) is 0. The molecule has 0 atom stereocenters. The first-order chi connectivity index (χ1) is 10.2. The Hall–Kier alpha value is -1.91. The number of aryl methyl sites for hydroxylation is 1. The van der Waals surface area contributed by atoms with Crippen molar-refractivity contribution in [2.75, 3.05) is 14.2 Å². The van der Waals surface area contributed by atoms with E-state index in [0.29, 0.717) is 13.2 Å². The van der Waals surface area contributed by atoms with Crippen LogP contribution in [0.3, 0.4) is 0 Å². The normalized spacial score (nSPS) is 10.6. The van der Waals surface area contributed by atoms with Crippen LogP contribution >= 0.6 is 0 Å². The maximum Gasteiger partial charge on any atom is 0.122 e. The quantitative estimate of drug-likeness (QED) is 0.850. The minimum absolute atomic E-state index is 0.643. The molecule has 21 heavy (non-hydrogen) atoms. The van der Waals surface area contributed by atoms with Gasteiger partial charge in [-0.05, 0) is 18.1 Å². The molecule has 2 rings (SSSR count). The molecule has 0 aliphatic heterocycles. The van der Waals surface area contributed by atoms with E-state index in [-0.39, 0.29) is 0 Å². The summed E-state index contributed by atoms with van der Waals surface area (Å²) in [5.41, 5.74) is 4.38. The van der Waals surface area contributed by atoms with Gasteiger partial charge in [-0.3, -0.25) is 4.98 Å². The van der Waals surface area contributed by atoms with Crippen LogP contribution in [0.5, 0.6) is 5.75 Å². The molecular weight excluding hydrogens is 264 g/mol. The lowest BCUT2D eigenvalue weighted by atomic mass is 10.1. The van der Waals surface area contributed by atoms with Gasteiger partial charge in [0.15, 0.2) is 0 Å². The molecule has 0 radical (unpaired) electrons. The Balaban J connectivity index is 1.92. The average molecular weight is 286 g/mol. The molecule has 4 nitrogen and oxygen atoms in total. The second-order valence-corrected chi connectivity index (χ2v) is 5.00. The summed E-state index contributed by atoms with van der Waals surface area (Å²) in [6, 6.07) is 12.3. The molecule has 0 saturated carbocycles. The fourth-order valence-corrected chi connectivity index (χ4v) is 2.24. The van der Waals surface area contributed by atoms with Crippen molar-refractivity contribution in [3.63, 3.8) is 0 Å². The predicted octanol–water partition coefficient (Wildman–Crippen LogP) is 2.83. The third-order valence-electron chi connectivity index (χ3n) is 3.15. The second kappa shape index (κ2) is 7.76. The zero-order valence-electron chi connectivity index (χ0n) is 12.8. The van der Waals surface area contributed by atoms with Crippen molar-refractivity contribution < 1.29 is 9.47 Å². The molecule has 1 aromatic carbocycles. The van der Waals surface area contributed by atoms with Crippen LogP contribution in [0.2, 0.25) is 0 Å². The number of benzene rings is 1. The molecular formula is C17H22N2O2. The molecule has 0 unspecified atom stereocenters. The van der Waals surface area contributed by atoms with Gasteiger partial charge < -0.3 is 14.8 Å². The Kier molecular flexibility index (Phi) is 5.72.